The van der Waals surface area contributed by atoms with Crippen LogP contribution < -0.4 is 0 Å². The highest BCUT2D eigenvalue weighted by Crippen LogP contribution is 2.28. The summed E-state index contributed by atoms with van der Waals surface area (Å²) < 4.78 is 7.31. The number of furan rings is 1. The molecule has 6 heteroatoms. The van der Waals surface area contributed by atoms with E-state index >= 15 is 0 Å². The molecule has 0 aromatic carbocycles. The third-order valence-electron chi connectivity index (χ3n) is 2.22. The molecule has 0 aliphatic carbocycles. The molecule has 0 aliphatic heterocycles. The van der Waals surface area contributed by atoms with E-state index in [0.29, 0.717) is 16.1 Å². The van der Waals surface area contributed by atoms with Gasteiger partial charge >= 0.3 is 5.97 Å². The summed E-state index contributed by atoms with van der Waals surface area (Å²) in [5.74, 6) is -0.431. The highest BCUT2D eigenvalue weighted by molar-refractivity contribution is 9.10. The Hall–Kier alpha value is -1.56. The van der Waals surface area contributed by atoms with E-state index in [1.807, 2.05) is 13.0 Å². The maximum absolute atomic E-state index is 10.9. The predicted octanol–water partition coefficient (Wildman–Crippen LogP) is 2.45. The van der Waals surface area contributed by atoms with Gasteiger partial charge in [-0.05, 0) is 34.5 Å². The summed E-state index contributed by atoms with van der Waals surface area (Å²) >= 11 is 3.22. The lowest BCUT2D eigenvalue weighted by atomic mass is 10.2. The van der Waals surface area contributed by atoms with E-state index in [9.17, 15) is 4.79 Å². The van der Waals surface area contributed by atoms with Gasteiger partial charge in [0.05, 0.1) is 0 Å². The first-order chi connectivity index (χ1) is 7.49. The highest BCUT2D eigenvalue weighted by Gasteiger charge is 2.17. The third kappa shape index (κ3) is 1.76. The molecule has 16 heavy (non-hydrogen) atoms. The van der Waals surface area contributed by atoms with Crippen molar-refractivity contribution < 1.29 is 14.3 Å². The first-order valence-corrected chi connectivity index (χ1v) is 5.32. The van der Waals surface area contributed by atoms with Crippen molar-refractivity contribution in [2.24, 2.45) is 7.05 Å². The van der Waals surface area contributed by atoms with E-state index in [0.717, 1.165) is 5.56 Å². The van der Waals surface area contributed by atoms with Gasteiger partial charge in [-0.25, -0.2) is 4.79 Å². The van der Waals surface area contributed by atoms with Crippen LogP contribution in [-0.2, 0) is 7.05 Å². The molecule has 0 bridgehead atoms. The number of rotatable bonds is 2. The number of aromatic nitrogens is 2. The fraction of sp³-hybridized carbons (Fsp3) is 0.200. The second kappa shape index (κ2) is 3.79. The largest absolute Gasteiger partial charge is 0.477 e. The minimum absolute atomic E-state index is 0.127. The Morgan fingerprint density at radius 3 is 2.69 bits per heavy atom. The minimum Gasteiger partial charge on any atom is -0.477 e. The Labute approximate surface area is 99.8 Å². The Bertz CT molecular complexity index is 556. The van der Waals surface area contributed by atoms with Crippen LogP contribution >= 0.6 is 15.9 Å². The van der Waals surface area contributed by atoms with Crippen molar-refractivity contribution in [3.63, 3.8) is 0 Å². The molecule has 0 unspecified atom stereocenters. The van der Waals surface area contributed by atoms with Crippen molar-refractivity contribution in [3.05, 3.63) is 28.1 Å². The molecule has 1 N–H and O–H groups in total. The molecule has 0 amide bonds. The van der Waals surface area contributed by atoms with Crippen LogP contribution in [0.2, 0.25) is 0 Å². The van der Waals surface area contributed by atoms with Crippen molar-refractivity contribution in [1.29, 1.82) is 0 Å². The molecule has 2 aromatic heterocycles. The summed E-state index contributed by atoms with van der Waals surface area (Å²) in [6, 6.07) is 3.30. The number of aromatic carboxylic acids is 1. The van der Waals surface area contributed by atoms with Gasteiger partial charge in [0.25, 0.3) is 0 Å². The zero-order valence-electron chi connectivity index (χ0n) is 8.69. The minimum atomic E-state index is -1.01. The first-order valence-electron chi connectivity index (χ1n) is 4.52. The van der Waals surface area contributed by atoms with Gasteiger partial charge in [0.2, 0.25) is 0 Å². The van der Waals surface area contributed by atoms with Gasteiger partial charge in [-0.2, -0.15) is 5.10 Å². The number of halogens is 1. The molecule has 0 saturated heterocycles. The van der Waals surface area contributed by atoms with E-state index in [2.05, 4.69) is 21.0 Å². The number of carboxylic acid groups (broad SMARTS) is 1. The normalized spacial score (nSPS) is 10.7. The average molecular weight is 285 g/mol. The summed E-state index contributed by atoms with van der Waals surface area (Å²) in [6.07, 6.45) is 0. The number of hydrogen-bond acceptors (Lipinski definition) is 3. The number of hydrogen-bond donors (Lipinski definition) is 1. The molecule has 84 valence electrons. The number of carboxylic acids is 1. The van der Waals surface area contributed by atoms with E-state index < -0.39 is 5.97 Å². The van der Waals surface area contributed by atoms with Crippen molar-refractivity contribution in [2.45, 2.75) is 6.92 Å². The van der Waals surface area contributed by atoms with E-state index in [4.69, 9.17) is 9.52 Å². The zero-order chi connectivity index (χ0) is 11.9. The van der Waals surface area contributed by atoms with Gasteiger partial charge in [-0.3, -0.25) is 4.68 Å². The molecule has 0 radical (unpaired) electrons. The lowest BCUT2D eigenvalue weighted by Crippen LogP contribution is -2.04. The van der Waals surface area contributed by atoms with Crippen molar-refractivity contribution in [3.8, 4) is 11.5 Å². The van der Waals surface area contributed by atoms with Crippen LogP contribution in [0.1, 0.15) is 16.1 Å². The van der Waals surface area contributed by atoms with Crippen LogP contribution in [0.5, 0.6) is 0 Å². The fourth-order valence-corrected chi connectivity index (χ4v) is 1.98. The van der Waals surface area contributed by atoms with Crippen LogP contribution in [0.25, 0.3) is 11.5 Å². The summed E-state index contributed by atoms with van der Waals surface area (Å²) in [7, 11) is 1.58. The Kier molecular flexibility index (Phi) is 2.59. The molecule has 0 spiro atoms. The molecular weight excluding hydrogens is 276 g/mol. The van der Waals surface area contributed by atoms with Crippen LogP contribution in [0.3, 0.4) is 0 Å². The standard InChI is InChI=1S/C10H9BrN2O3/c1-5-3-8(11)16-9(5)6-4-7(10(14)15)13(2)12-6/h3-4H,1-2H3,(H,14,15). The molecule has 0 fully saturated rings. The van der Waals surface area contributed by atoms with E-state index in [-0.39, 0.29) is 5.69 Å². The lowest BCUT2D eigenvalue weighted by Gasteiger charge is -1.92. The number of nitrogens with zero attached hydrogens (tertiary/aromatic N) is 2. The Balaban J connectivity index is 2.53. The van der Waals surface area contributed by atoms with Crippen LogP contribution in [0.15, 0.2) is 21.2 Å². The summed E-state index contributed by atoms with van der Waals surface area (Å²) in [5, 5.41) is 13.0. The zero-order valence-corrected chi connectivity index (χ0v) is 10.3. The van der Waals surface area contributed by atoms with Gasteiger partial charge in [0.15, 0.2) is 10.4 Å². The summed E-state index contributed by atoms with van der Waals surface area (Å²) in [5.41, 5.74) is 1.55. The van der Waals surface area contributed by atoms with E-state index in [1.165, 1.54) is 10.7 Å². The number of aryl methyl sites for hydroxylation is 2. The fourth-order valence-electron chi connectivity index (χ4n) is 1.48. The third-order valence-corrected chi connectivity index (χ3v) is 2.61. The van der Waals surface area contributed by atoms with Gasteiger partial charge in [-0.15, -0.1) is 0 Å². The van der Waals surface area contributed by atoms with Gasteiger partial charge < -0.3 is 9.52 Å². The van der Waals surface area contributed by atoms with Crippen LogP contribution in [-0.4, -0.2) is 20.9 Å². The molecule has 0 aliphatic rings. The molecular formula is C10H9BrN2O3. The number of carbonyl (C=O) groups is 1. The Morgan fingerprint density at radius 1 is 1.56 bits per heavy atom. The van der Waals surface area contributed by atoms with Gasteiger partial charge in [0.1, 0.15) is 11.4 Å². The maximum atomic E-state index is 10.9. The summed E-state index contributed by atoms with van der Waals surface area (Å²) in [6.45, 7) is 1.87. The molecule has 2 heterocycles. The predicted molar refractivity (Wildman–Crippen MR) is 60.3 cm³/mol. The monoisotopic (exact) mass is 284 g/mol. The second-order valence-electron chi connectivity index (χ2n) is 3.41. The molecule has 2 rings (SSSR count). The van der Waals surface area contributed by atoms with E-state index in [1.54, 1.807) is 7.05 Å². The topological polar surface area (TPSA) is 68.3 Å². The maximum Gasteiger partial charge on any atom is 0.354 e. The summed E-state index contributed by atoms with van der Waals surface area (Å²) in [4.78, 5) is 10.9. The highest BCUT2D eigenvalue weighted by atomic mass is 79.9. The smallest absolute Gasteiger partial charge is 0.354 e. The molecule has 2 aromatic rings. The van der Waals surface area contributed by atoms with Crippen LogP contribution in [0, 0.1) is 6.92 Å². The quantitative estimate of drug-likeness (QED) is 0.920. The molecule has 0 atom stereocenters. The lowest BCUT2D eigenvalue weighted by molar-refractivity contribution is 0.0685. The SMILES string of the molecule is Cc1cc(Br)oc1-c1cc(C(=O)O)n(C)n1. The molecule has 0 saturated carbocycles. The van der Waals surface area contributed by atoms with Crippen molar-refractivity contribution in [2.75, 3.05) is 0 Å². The Morgan fingerprint density at radius 2 is 2.25 bits per heavy atom. The van der Waals surface area contributed by atoms with Crippen molar-refractivity contribution >= 4 is 21.9 Å². The first kappa shape index (κ1) is 10.9. The molecule has 5 nitrogen and oxygen atoms in total. The van der Waals surface area contributed by atoms with Crippen molar-refractivity contribution in [1.82, 2.24) is 9.78 Å². The average Bonchev–Trinajstić information content (AvgIpc) is 2.69. The van der Waals surface area contributed by atoms with Crippen LogP contribution in [0.4, 0.5) is 0 Å². The second-order valence-corrected chi connectivity index (χ2v) is 4.19. The van der Waals surface area contributed by atoms with Gasteiger partial charge in [0, 0.05) is 13.1 Å². The van der Waals surface area contributed by atoms with Gasteiger partial charge in [-0.1, -0.05) is 0 Å².